The third-order valence-electron chi connectivity index (χ3n) is 3.38. The zero-order chi connectivity index (χ0) is 17.5. The number of ether oxygens (including phenoxy) is 2. The Morgan fingerprint density at radius 3 is 2.48 bits per heavy atom. The van der Waals surface area contributed by atoms with Crippen molar-refractivity contribution in [1.82, 2.24) is 15.5 Å². The van der Waals surface area contributed by atoms with E-state index in [9.17, 15) is 14.4 Å². The van der Waals surface area contributed by atoms with E-state index >= 15 is 0 Å². The van der Waals surface area contributed by atoms with Crippen LogP contribution in [0.1, 0.15) is 33.6 Å². The third kappa shape index (κ3) is 7.71. The smallest absolute Gasteiger partial charge is 0.407 e. The van der Waals surface area contributed by atoms with Gasteiger partial charge >= 0.3 is 12.2 Å². The molecule has 1 heterocycles. The molecule has 132 valence electrons. The van der Waals surface area contributed by atoms with Crippen molar-refractivity contribution in [3.05, 3.63) is 0 Å². The molecule has 0 aromatic rings. The van der Waals surface area contributed by atoms with E-state index in [1.165, 1.54) is 7.11 Å². The Bertz CT molecular complexity index is 433. The third-order valence-corrected chi connectivity index (χ3v) is 3.38. The predicted molar refractivity (Wildman–Crippen MR) is 83.9 cm³/mol. The fourth-order valence-electron chi connectivity index (χ4n) is 2.33. The Morgan fingerprint density at radius 1 is 1.17 bits per heavy atom. The second-order valence-corrected chi connectivity index (χ2v) is 6.58. The van der Waals surface area contributed by atoms with E-state index in [-0.39, 0.29) is 18.4 Å². The van der Waals surface area contributed by atoms with Crippen LogP contribution in [-0.4, -0.2) is 61.9 Å². The molecule has 2 N–H and O–H groups in total. The zero-order valence-corrected chi connectivity index (χ0v) is 14.3. The van der Waals surface area contributed by atoms with Gasteiger partial charge in [0.1, 0.15) is 12.1 Å². The molecule has 8 nitrogen and oxygen atoms in total. The van der Waals surface area contributed by atoms with Gasteiger partial charge in [-0.2, -0.15) is 0 Å². The second-order valence-electron chi connectivity index (χ2n) is 6.58. The van der Waals surface area contributed by atoms with E-state index in [1.807, 2.05) is 20.8 Å². The Morgan fingerprint density at radius 2 is 1.87 bits per heavy atom. The highest BCUT2D eigenvalue weighted by atomic mass is 16.6. The SMILES string of the molecule is COC(=O)NCC(=O)N1CCC[C@@H](CNC(=O)OC(C)(C)C)C1. The molecule has 1 rings (SSSR count). The lowest BCUT2D eigenvalue weighted by Crippen LogP contribution is -2.47. The average molecular weight is 329 g/mol. The lowest BCUT2D eigenvalue weighted by atomic mass is 9.98. The fourth-order valence-corrected chi connectivity index (χ4v) is 2.33. The number of rotatable bonds is 4. The van der Waals surface area contributed by atoms with Gasteiger partial charge in [-0.1, -0.05) is 0 Å². The Hall–Kier alpha value is -1.99. The molecule has 0 radical (unpaired) electrons. The maximum absolute atomic E-state index is 12.0. The van der Waals surface area contributed by atoms with E-state index in [0.29, 0.717) is 19.6 Å². The number of hydrogen-bond donors (Lipinski definition) is 2. The minimum atomic E-state index is -0.626. The summed E-state index contributed by atoms with van der Waals surface area (Å²) in [6.45, 7) is 7.01. The highest BCUT2D eigenvalue weighted by molar-refractivity contribution is 5.82. The van der Waals surface area contributed by atoms with E-state index < -0.39 is 17.8 Å². The van der Waals surface area contributed by atoms with Crippen LogP contribution in [0.2, 0.25) is 0 Å². The maximum atomic E-state index is 12.0. The molecule has 1 fully saturated rings. The number of hydrogen-bond acceptors (Lipinski definition) is 5. The van der Waals surface area contributed by atoms with Crippen molar-refractivity contribution in [2.75, 3.05) is 33.3 Å². The van der Waals surface area contributed by atoms with Gasteiger partial charge in [-0.15, -0.1) is 0 Å². The number of likely N-dealkylation sites (tertiary alicyclic amines) is 1. The number of amides is 3. The highest BCUT2D eigenvalue weighted by Gasteiger charge is 2.25. The predicted octanol–water partition coefficient (Wildman–Crippen LogP) is 1.11. The van der Waals surface area contributed by atoms with Gasteiger partial charge in [-0.25, -0.2) is 9.59 Å². The molecule has 23 heavy (non-hydrogen) atoms. The molecular weight excluding hydrogens is 302 g/mol. The van der Waals surface area contributed by atoms with Crippen molar-refractivity contribution in [3.63, 3.8) is 0 Å². The zero-order valence-electron chi connectivity index (χ0n) is 14.3. The monoisotopic (exact) mass is 329 g/mol. The van der Waals surface area contributed by atoms with Gasteiger partial charge in [0.05, 0.1) is 7.11 Å². The molecule has 0 spiro atoms. The molecule has 0 aromatic heterocycles. The van der Waals surface area contributed by atoms with Gasteiger partial charge in [0, 0.05) is 19.6 Å². The van der Waals surface area contributed by atoms with E-state index in [4.69, 9.17) is 4.74 Å². The number of carbonyl (C=O) groups excluding carboxylic acids is 3. The molecule has 0 unspecified atom stereocenters. The van der Waals surface area contributed by atoms with Crippen LogP contribution >= 0.6 is 0 Å². The Kier molecular flexibility index (Phi) is 7.12. The molecule has 1 aliphatic heterocycles. The van der Waals surface area contributed by atoms with Gasteiger partial charge < -0.3 is 25.0 Å². The van der Waals surface area contributed by atoms with Gasteiger partial charge in [-0.05, 0) is 39.5 Å². The first kappa shape index (κ1) is 19.1. The summed E-state index contributed by atoms with van der Waals surface area (Å²) in [6, 6.07) is 0. The summed E-state index contributed by atoms with van der Waals surface area (Å²) >= 11 is 0. The van der Waals surface area contributed by atoms with Gasteiger partial charge in [-0.3, -0.25) is 4.79 Å². The summed E-state index contributed by atoms with van der Waals surface area (Å²) in [5.74, 6) is 0.0238. The maximum Gasteiger partial charge on any atom is 0.407 e. The Balaban J connectivity index is 2.35. The van der Waals surface area contributed by atoms with Crippen molar-refractivity contribution in [1.29, 1.82) is 0 Å². The summed E-state index contributed by atoms with van der Waals surface area (Å²) in [4.78, 5) is 36.4. The van der Waals surface area contributed by atoms with Crippen LogP contribution < -0.4 is 10.6 Å². The number of carbonyl (C=O) groups is 3. The van der Waals surface area contributed by atoms with E-state index in [1.54, 1.807) is 4.90 Å². The average Bonchev–Trinajstić information content (AvgIpc) is 2.48. The van der Waals surface area contributed by atoms with E-state index in [2.05, 4.69) is 15.4 Å². The summed E-state index contributed by atoms with van der Waals surface area (Å²) in [5.41, 5.74) is -0.530. The minimum absolute atomic E-state index is 0.0844. The van der Waals surface area contributed by atoms with Crippen molar-refractivity contribution >= 4 is 18.1 Å². The Labute approximate surface area is 136 Å². The standard InChI is InChI=1S/C15H27N3O5/c1-15(2,3)23-14(21)16-8-11-6-5-7-18(10-11)12(19)9-17-13(20)22-4/h11H,5-10H2,1-4H3,(H,16,21)(H,17,20)/t11-/m0/s1. The molecule has 3 amide bonds. The molecule has 0 saturated carbocycles. The van der Waals surface area contributed by atoms with E-state index in [0.717, 1.165) is 12.8 Å². The number of alkyl carbamates (subject to hydrolysis) is 2. The molecule has 1 atom stereocenters. The van der Waals surface area contributed by atoms with Crippen LogP contribution in [0.15, 0.2) is 0 Å². The van der Waals surface area contributed by atoms with Gasteiger partial charge in [0.2, 0.25) is 5.91 Å². The lowest BCUT2D eigenvalue weighted by molar-refractivity contribution is -0.131. The first-order valence-electron chi connectivity index (χ1n) is 7.77. The summed E-state index contributed by atoms with van der Waals surface area (Å²) in [7, 11) is 1.25. The normalized spacial score (nSPS) is 18.1. The van der Waals surface area contributed by atoms with Crippen molar-refractivity contribution in [2.45, 2.75) is 39.2 Å². The molecular formula is C15H27N3O5. The highest BCUT2D eigenvalue weighted by Crippen LogP contribution is 2.16. The first-order chi connectivity index (χ1) is 10.7. The van der Waals surface area contributed by atoms with Crippen molar-refractivity contribution in [2.24, 2.45) is 5.92 Å². The van der Waals surface area contributed by atoms with Crippen LogP contribution in [0, 0.1) is 5.92 Å². The lowest BCUT2D eigenvalue weighted by Gasteiger charge is -2.33. The second kappa shape index (κ2) is 8.59. The molecule has 0 bridgehead atoms. The summed E-state index contributed by atoms with van der Waals surface area (Å²) in [5, 5.41) is 5.12. The topological polar surface area (TPSA) is 97.0 Å². The molecule has 1 aliphatic rings. The van der Waals surface area contributed by atoms with Crippen LogP contribution in [0.25, 0.3) is 0 Å². The number of nitrogens with zero attached hydrogens (tertiary/aromatic N) is 1. The van der Waals surface area contributed by atoms with Gasteiger partial charge in [0.25, 0.3) is 0 Å². The largest absolute Gasteiger partial charge is 0.453 e. The summed E-state index contributed by atoms with van der Waals surface area (Å²) in [6.07, 6.45) is 0.723. The molecule has 8 heteroatoms. The van der Waals surface area contributed by atoms with Gasteiger partial charge in [0.15, 0.2) is 0 Å². The quantitative estimate of drug-likeness (QED) is 0.805. The summed E-state index contributed by atoms with van der Waals surface area (Å²) < 4.78 is 9.62. The van der Waals surface area contributed by atoms with Crippen LogP contribution in [-0.2, 0) is 14.3 Å². The first-order valence-corrected chi connectivity index (χ1v) is 7.77. The molecule has 0 aromatic carbocycles. The van der Waals surface area contributed by atoms with Crippen molar-refractivity contribution < 1.29 is 23.9 Å². The minimum Gasteiger partial charge on any atom is -0.453 e. The number of nitrogens with one attached hydrogen (secondary N) is 2. The number of piperidine rings is 1. The van der Waals surface area contributed by atoms with Crippen LogP contribution in [0.5, 0.6) is 0 Å². The molecule has 1 saturated heterocycles. The number of methoxy groups -OCH3 is 1. The van der Waals surface area contributed by atoms with Crippen molar-refractivity contribution in [3.8, 4) is 0 Å². The van der Waals surface area contributed by atoms with Crippen LogP contribution in [0.3, 0.4) is 0 Å². The fraction of sp³-hybridized carbons (Fsp3) is 0.800. The van der Waals surface area contributed by atoms with Crippen LogP contribution in [0.4, 0.5) is 9.59 Å². The molecule has 0 aliphatic carbocycles.